The van der Waals surface area contributed by atoms with Crippen LogP contribution in [-0.2, 0) is 32.6 Å². The lowest BCUT2D eigenvalue weighted by molar-refractivity contribution is -0.117. The minimum atomic E-state index is -3.13. The first kappa shape index (κ1) is 20.1. The monoisotopic (exact) mass is 376 g/mol. The van der Waals surface area contributed by atoms with Gasteiger partial charge in [-0.2, -0.15) is 0 Å². The molecule has 0 bridgehead atoms. The van der Waals surface area contributed by atoms with Crippen molar-refractivity contribution >= 4 is 21.4 Å². The Morgan fingerprint density at radius 3 is 2.19 bits per heavy atom. The third-order valence-electron chi connectivity index (χ3n) is 3.74. The van der Waals surface area contributed by atoms with Crippen LogP contribution in [0.15, 0.2) is 54.6 Å². The van der Waals surface area contributed by atoms with E-state index in [1.54, 1.807) is 12.1 Å². The summed E-state index contributed by atoms with van der Waals surface area (Å²) in [4.78, 5) is 12.0. The third-order valence-corrected chi connectivity index (χ3v) is 4.72. The normalized spacial score (nSPS) is 12.5. The summed E-state index contributed by atoms with van der Waals surface area (Å²) in [5.74, 6) is -0.513. The van der Waals surface area contributed by atoms with Gasteiger partial charge in [0.05, 0.1) is 25.0 Å². The molecule has 7 heteroatoms. The van der Waals surface area contributed by atoms with Gasteiger partial charge in [-0.25, -0.2) is 8.42 Å². The number of ether oxygens (including phenoxy) is 1. The first-order chi connectivity index (χ1) is 12.3. The molecule has 140 valence electrons. The number of nitrogens with one attached hydrogen (secondary N) is 1. The SMILES string of the molecule is CS(=O)(=O)CCC(N)C(=O)Nc1ccc(COCc2ccccc2)cc1. The summed E-state index contributed by atoms with van der Waals surface area (Å²) in [7, 11) is -3.13. The number of carbonyl (C=O) groups excluding carboxylic acids is 1. The van der Waals surface area contributed by atoms with Gasteiger partial charge in [-0.3, -0.25) is 4.79 Å². The smallest absolute Gasteiger partial charge is 0.241 e. The molecular formula is C19H24N2O4S. The van der Waals surface area contributed by atoms with E-state index in [1.807, 2.05) is 42.5 Å². The fraction of sp³-hybridized carbons (Fsp3) is 0.316. The van der Waals surface area contributed by atoms with Crippen LogP contribution in [0.2, 0.25) is 0 Å². The van der Waals surface area contributed by atoms with Crippen LogP contribution in [0.4, 0.5) is 5.69 Å². The highest BCUT2D eigenvalue weighted by molar-refractivity contribution is 7.90. The van der Waals surface area contributed by atoms with Crippen LogP contribution >= 0.6 is 0 Å². The summed E-state index contributed by atoms with van der Waals surface area (Å²) in [5, 5.41) is 2.69. The summed E-state index contributed by atoms with van der Waals surface area (Å²) < 4.78 is 27.9. The Morgan fingerprint density at radius 2 is 1.62 bits per heavy atom. The van der Waals surface area contributed by atoms with Crippen LogP contribution in [0.5, 0.6) is 0 Å². The van der Waals surface area contributed by atoms with Crippen LogP contribution in [-0.4, -0.2) is 32.4 Å². The maximum Gasteiger partial charge on any atom is 0.241 e. The van der Waals surface area contributed by atoms with Crippen molar-refractivity contribution in [2.75, 3.05) is 17.3 Å². The lowest BCUT2D eigenvalue weighted by Gasteiger charge is -2.12. The minimum Gasteiger partial charge on any atom is -0.372 e. The molecule has 0 spiro atoms. The van der Waals surface area contributed by atoms with Gasteiger partial charge in [-0.1, -0.05) is 42.5 Å². The number of amides is 1. The number of hydrogen-bond acceptors (Lipinski definition) is 5. The average molecular weight is 376 g/mol. The molecule has 0 heterocycles. The molecule has 2 aromatic rings. The quantitative estimate of drug-likeness (QED) is 0.698. The molecule has 0 radical (unpaired) electrons. The van der Waals surface area contributed by atoms with E-state index >= 15 is 0 Å². The molecule has 2 rings (SSSR count). The van der Waals surface area contributed by atoms with E-state index < -0.39 is 21.8 Å². The van der Waals surface area contributed by atoms with Crippen molar-refractivity contribution in [3.05, 3.63) is 65.7 Å². The van der Waals surface area contributed by atoms with Gasteiger partial charge in [0, 0.05) is 11.9 Å². The fourth-order valence-electron chi connectivity index (χ4n) is 2.25. The van der Waals surface area contributed by atoms with Crippen molar-refractivity contribution in [3.8, 4) is 0 Å². The van der Waals surface area contributed by atoms with Gasteiger partial charge in [0.2, 0.25) is 5.91 Å². The molecule has 1 unspecified atom stereocenters. The number of nitrogens with two attached hydrogens (primary N) is 1. The minimum absolute atomic E-state index is 0.0933. The van der Waals surface area contributed by atoms with Crippen LogP contribution in [0.3, 0.4) is 0 Å². The van der Waals surface area contributed by atoms with Gasteiger partial charge in [0.25, 0.3) is 0 Å². The Hall–Kier alpha value is -2.22. The number of carbonyl (C=O) groups is 1. The highest BCUT2D eigenvalue weighted by Crippen LogP contribution is 2.12. The molecule has 3 N–H and O–H groups in total. The maximum absolute atomic E-state index is 12.0. The van der Waals surface area contributed by atoms with Crippen LogP contribution in [0.25, 0.3) is 0 Å². The van der Waals surface area contributed by atoms with Gasteiger partial charge in [-0.15, -0.1) is 0 Å². The maximum atomic E-state index is 12.0. The second-order valence-electron chi connectivity index (χ2n) is 6.19. The van der Waals surface area contributed by atoms with Crippen LogP contribution < -0.4 is 11.1 Å². The number of sulfone groups is 1. The molecule has 0 fully saturated rings. The lowest BCUT2D eigenvalue weighted by atomic mass is 10.2. The van der Waals surface area contributed by atoms with Gasteiger partial charge in [0.1, 0.15) is 9.84 Å². The van der Waals surface area contributed by atoms with E-state index in [2.05, 4.69) is 5.32 Å². The standard InChI is InChI=1S/C19H24N2O4S/c1-26(23,24)12-11-18(20)19(22)21-17-9-7-16(8-10-17)14-25-13-15-5-3-2-4-6-15/h2-10,18H,11-14,20H2,1H3,(H,21,22). The van der Waals surface area contributed by atoms with Crippen molar-refractivity contribution in [1.82, 2.24) is 0 Å². The first-order valence-electron chi connectivity index (χ1n) is 8.28. The predicted molar refractivity (Wildman–Crippen MR) is 102 cm³/mol. The summed E-state index contributed by atoms with van der Waals surface area (Å²) in [6, 6.07) is 16.3. The van der Waals surface area contributed by atoms with E-state index in [4.69, 9.17) is 10.5 Å². The molecule has 0 saturated heterocycles. The molecular weight excluding hydrogens is 352 g/mol. The molecule has 6 nitrogen and oxygen atoms in total. The second-order valence-corrected chi connectivity index (χ2v) is 8.45. The molecule has 1 amide bonds. The summed E-state index contributed by atoms with van der Waals surface area (Å²) in [6.07, 6.45) is 1.21. The Kier molecular flexibility index (Phi) is 7.32. The molecule has 1 atom stereocenters. The Balaban J connectivity index is 1.78. The molecule has 0 aliphatic rings. The molecule has 2 aromatic carbocycles. The van der Waals surface area contributed by atoms with Crippen molar-refractivity contribution in [1.29, 1.82) is 0 Å². The lowest BCUT2D eigenvalue weighted by Crippen LogP contribution is -2.37. The second kappa shape index (κ2) is 9.47. The molecule has 0 aliphatic heterocycles. The zero-order chi connectivity index (χ0) is 19.0. The topological polar surface area (TPSA) is 98.5 Å². The van der Waals surface area contributed by atoms with Gasteiger partial charge in [-0.05, 0) is 29.7 Å². The fourth-order valence-corrected chi connectivity index (χ4v) is 2.93. The van der Waals surface area contributed by atoms with E-state index in [0.717, 1.165) is 17.4 Å². The number of benzene rings is 2. The van der Waals surface area contributed by atoms with Gasteiger partial charge >= 0.3 is 0 Å². The molecule has 0 aromatic heterocycles. The third kappa shape index (κ3) is 7.35. The summed E-state index contributed by atoms with van der Waals surface area (Å²) in [6.45, 7) is 1.01. The van der Waals surface area contributed by atoms with E-state index in [-0.39, 0.29) is 12.2 Å². The largest absolute Gasteiger partial charge is 0.372 e. The Labute approximate surface area is 154 Å². The van der Waals surface area contributed by atoms with E-state index in [1.165, 1.54) is 0 Å². The number of anilines is 1. The molecule has 0 aliphatic carbocycles. The van der Waals surface area contributed by atoms with E-state index in [9.17, 15) is 13.2 Å². The Morgan fingerprint density at radius 1 is 1.04 bits per heavy atom. The molecule has 0 saturated carbocycles. The van der Waals surface area contributed by atoms with Crippen molar-refractivity contribution in [2.45, 2.75) is 25.7 Å². The zero-order valence-electron chi connectivity index (χ0n) is 14.7. The van der Waals surface area contributed by atoms with Crippen molar-refractivity contribution in [2.24, 2.45) is 5.73 Å². The van der Waals surface area contributed by atoms with Gasteiger partial charge < -0.3 is 15.8 Å². The van der Waals surface area contributed by atoms with Crippen LogP contribution in [0.1, 0.15) is 17.5 Å². The van der Waals surface area contributed by atoms with E-state index in [0.29, 0.717) is 18.9 Å². The Bertz CT molecular complexity index is 805. The molecule has 26 heavy (non-hydrogen) atoms. The average Bonchev–Trinajstić information content (AvgIpc) is 2.61. The van der Waals surface area contributed by atoms with Crippen molar-refractivity contribution in [3.63, 3.8) is 0 Å². The highest BCUT2D eigenvalue weighted by atomic mass is 32.2. The summed E-state index contributed by atoms with van der Waals surface area (Å²) in [5.41, 5.74) is 8.43. The summed E-state index contributed by atoms with van der Waals surface area (Å²) >= 11 is 0. The van der Waals surface area contributed by atoms with Gasteiger partial charge in [0.15, 0.2) is 0 Å². The predicted octanol–water partition coefficient (Wildman–Crippen LogP) is 2.10. The zero-order valence-corrected chi connectivity index (χ0v) is 15.5. The van der Waals surface area contributed by atoms with Crippen molar-refractivity contribution < 1.29 is 17.9 Å². The first-order valence-corrected chi connectivity index (χ1v) is 10.3. The van der Waals surface area contributed by atoms with Crippen LogP contribution in [0, 0.1) is 0 Å². The number of hydrogen-bond donors (Lipinski definition) is 2. The number of rotatable bonds is 9. The highest BCUT2D eigenvalue weighted by Gasteiger charge is 2.16.